The Morgan fingerprint density at radius 1 is 1.50 bits per heavy atom. The number of hydrogen-bond acceptors (Lipinski definition) is 4. The van der Waals surface area contributed by atoms with Crippen LogP contribution in [0.1, 0.15) is 29.8 Å². The highest BCUT2D eigenvalue weighted by atomic mass is 32.1. The second-order valence-corrected chi connectivity index (χ2v) is 4.64. The summed E-state index contributed by atoms with van der Waals surface area (Å²) in [6.07, 6.45) is 3.54. The van der Waals surface area contributed by atoms with E-state index in [1.165, 1.54) is 4.88 Å². The van der Waals surface area contributed by atoms with E-state index in [9.17, 15) is 0 Å². The van der Waals surface area contributed by atoms with E-state index >= 15 is 0 Å². The first-order valence-corrected chi connectivity index (χ1v) is 6.37. The lowest BCUT2D eigenvalue weighted by atomic mass is 10.2. The maximum atomic E-state index is 7.06. The number of thiazole rings is 1. The van der Waals surface area contributed by atoms with Crippen molar-refractivity contribution < 1.29 is 4.74 Å². The highest BCUT2D eigenvalue weighted by Crippen LogP contribution is 2.12. The molecule has 0 bridgehead atoms. The summed E-state index contributed by atoms with van der Waals surface area (Å²) in [7, 11) is 0. The van der Waals surface area contributed by atoms with Crippen molar-refractivity contribution in [1.82, 2.24) is 4.98 Å². The van der Waals surface area contributed by atoms with Gasteiger partial charge in [0.2, 0.25) is 0 Å². The maximum absolute atomic E-state index is 7.06. The molecule has 0 aliphatic carbocycles. The number of nitrogens with one attached hydrogen (secondary N) is 1. The van der Waals surface area contributed by atoms with E-state index < -0.39 is 0 Å². The van der Waals surface area contributed by atoms with E-state index in [-0.39, 0.29) is 5.84 Å². The number of unbranched alkanes of at least 4 members (excludes halogenated alkanes) is 1. The van der Waals surface area contributed by atoms with E-state index in [1.54, 1.807) is 11.3 Å². The number of amidine groups is 1. The van der Waals surface area contributed by atoms with Crippen molar-refractivity contribution in [2.75, 3.05) is 13.2 Å². The summed E-state index contributed by atoms with van der Waals surface area (Å²) >= 11 is 1.69. The van der Waals surface area contributed by atoms with Crippen molar-refractivity contribution >= 4 is 17.2 Å². The summed E-state index contributed by atoms with van der Waals surface area (Å²) in [4.78, 5) is 5.50. The molecule has 1 aromatic heterocycles. The number of hydrogen-bond donors (Lipinski definition) is 2. The third kappa shape index (κ3) is 5.23. The van der Waals surface area contributed by atoms with Gasteiger partial charge in [-0.25, -0.2) is 4.98 Å². The molecule has 0 aromatic carbocycles. The highest BCUT2D eigenvalue weighted by Gasteiger charge is 2.00. The van der Waals surface area contributed by atoms with Crippen LogP contribution >= 0.6 is 11.3 Å². The van der Waals surface area contributed by atoms with Gasteiger partial charge in [-0.3, -0.25) is 5.41 Å². The van der Waals surface area contributed by atoms with Crippen molar-refractivity contribution in [3.63, 3.8) is 0 Å². The second-order valence-electron chi connectivity index (χ2n) is 3.71. The Labute approximate surface area is 100 Å². The van der Waals surface area contributed by atoms with E-state index in [0.29, 0.717) is 6.42 Å². The first kappa shape index (κ1) is 13.1. The summed E-state index contributed by atoms with van der Waals surface area (Å²) in [5.41, 5.74) is 8.24. The van der Waals surface area contributed by atoms with Crippen LogP contribution in [-0.4, -0.2) is 24.0 Å². The van der Waals surface area contributed by atoms with Gasteiger partial charge in [0.1, 0.15) is 0 Å². The fourth-order valence-electron chi connectivity index (χ4n) is 1.35. The molecule has 1 aromatic rings. The van der Waals surface area contributed by atoms with Gasteiger partial charge in [-0.1, -0.05) is 0 Å². The minimum atomic E-state index is 0.264. The molecule has 1 heterocycles. The van der Waals surface area contributed by atoms with Crippen LogP contribution in [0.25, 0.3) is 0 Å². The summed E-state index contributed by atoms with van der Waals surface area (Å²) in [6.45, 7) is 3.53. The summed E-state index contributed by atoms with van der Waals surface area (Å²) in [5, 5.41) is 7.06. The van der Waals surface area contributed by atoms with Crippen molar-refractivity contribution in [3.8, 4) is 0 Å². The first-order valence-electron chi connectivity index (χ1n) is 5.49. The highest BCUT2D eigenvalue weighted by molar-refractivity contribution is 7.09. The predicted molar refractivity (Wildman–Crippen MR) is 67.1 cm³/mol. The Morgan fingerprint density at radius 2 is 2.31 bits per heavy atom. The molecule has 1 rings (SSSR count). The summed E-state index contributed by atoms with van der Waals surface area (Å²) < 4.78 is 5.51. The van der Waals surface area contributed by atoms with Crippen LogP contribution in [0.2, 0.25) is 0 Å². The molecular weight excluding hydrogens is 222 g/mol. The number of rotatable bonds is 8. The van der Waals surface area contributed by atoms with E-state index in [2.05, 4.69) is 4.98 Å². The van der Waals surface area contributed by atoms with Gasteiger partial charge in [0.05, 0.1) is 23.6 Å². The van der Waals surface area contributed by atoms with E-state index in [0.717, 1.165) is 38.2 Å². The fraction of sp³-hybridized carbons (Fsp3) is 0.636. The molecule has 0 amide bonds. The first-order chi connectivity index (χ1) is 7.70. The lowest BCUT2D eigenvalue weighted by molar-refractivity contribution is 0.134. The molecule has 16 heavy (non-hydrogen) atoms. The molecule has 0 fully saturated rings. The van der Waals surface area contributed by atoms with Crippen LogP contribution in [0.5, 0.6) is 0 Å². The minimum Gasteiger partial charge on any atom is -0.388 e. The Balaban J connectivity index is 1.96. The summed E-state index contributed by atoms with van der Waals surface area (Å²) in [6, 6.07) is 0. The minimum absolute atomic E-state index is 0.264. The molecule has 0 spiro atoms. The zero-order valence-electron chi connectivity index (χ0n) is 9.66. The van der Waals surface area contributed by atoms with Gasteiger partial charge in [-0.05, 0) is 19.8 Å². The molecule has 0 aliphatic rings. The van der Waals surface area contributed by atoms with Gasteiger partial charge in [0.25, 0.3) is 0 Å². The van der Waals surface area contributed by atoms with Gasteiger partial charge in [-0.2, -0.15) is 0 Å². The predicted octanol–water partition coefficient (Wildman–Crippen LogP) is 2.12. The molecule has 0 aliphatic heterocycles. The van der Waals surface area contributed by atoms with Crippen LogP contribution in [0.4, 0.5) is 0 Å². The second kappa shape index (κ2) is 7.35. The molecule has 0 saturated carbocycles. The van der Waals surface area contributed by atoms with Gasteiger partial charge < -0.3 is 10.5 Å². The normalized spacial score (nSPS) is 10.6. The average Bonchev–Trinajstić information content (AvgIpc) is 2.62. The zero-order valence-corrected chi connectivity index (χ0v) is 10.5. The molecule has 3 N–H and O–H groups in total. The Hall–Kier alpha value is -0.940. The quantitative estimate of drug-likeness (QED) is 0.416. The Kier molecular flexibility index (Phi) is 6.03. The Morgan fingerprint density at radius 3 is 2.94 bits per heavy atom. The van der Waals surface area contributed by atoms with Gasteiger partial charge in [-0.15, -0.1) is 11.3 Å². The van der Waals surface area contributed by atoms with Crippen LogP contribution in [0, 0.1) is 12.3 Å². The fourth-order valence-corrected chi connectivity index (χ4v) is 2.12. The number of nitrogens with zero attached hydrogens (tertiary/aromatic N) is 1. The third-order valence-electron chi connectivity index (χ3n) is 2.30. The van der Waals surface area contributed by atoms with Crippen molar-refractivity contribution in [3.05, 3.63) is 16.1 Å². The number of aromatic nitrogens is 1. The maximum Gasteiger partial charge on any atom is 0.0905 e. The molecule has 4 nitrogen and oxygen atoms in total. The monoisotopic (exact) mass is 241 g/mol. The topological polar surface area (TPSA) is 72.0 Å². The van der Waals surface area contributed by atoms with Crippen molar-refractivity contribution in [1.29, 1.82) is 5.41 Å². The zero-order chi connectivity index (χ0) is 11.8. The SMILES string of the molecule is Cc1ncsc1CCOCCCCC(=N)N. The smallest absolute Gasteiger partial charge is 0.0905 e. The Bertz CT molecular complexity index is 325. The van der Waals surface area contributed by atoms with Crippen LogP contribution < -0.4 is 5.73 Å². The molecule has 5 heteroatoms. The standard InChI is InChI=1S/C11H19N3OS/c1-9-10(16-8-14-9)5-7-15-6-3-2-4-11(12)13/h8H,2-7H2,1H3,(H3,12,13). The van der Waals surface area contributed by atoms with Crippen LogP contribution in [0.15, 0.2) is 5.51 Å². The molecule has 0 radical (unpaired) electrons. The number of aryl methyl sites for hydroxylation is 1. The number of ether oxygens (including phenoxy) is 1. The van der Waals surface area contributed by atoms with Crippen LogP contribution in [0.3, 0.4) is 0 Å². The van der Waals surface area contributed by atoms with Crippen molar-refractivity contribution in [2.24, 2.45) is 5.73 Å². The van der Waals surface area contributed by atoms with Gasteiger partial charge >= 0.3 is 0 Å². The molecule has 90 valence electrons. The van der Waals surface area contributed by atoms with Gasteiger partial charge in [0.15, 0.2) is 0 Å². The van der Waals surface area contributed by atoms with Gasteiger partial charge in [0, 0.05) is 24.3 Å². The number of nitrogens with two attached hydrogens (primary N) is 1. The largest absolute Gasteiger partial charge is 0.388 e. The lowest BCUT2D eigenvalue weighted by Crippen LogP contribution is -2.09. The van der Waals surface area contributed by atoms with Crippen LogP contribution in [-0.2, 0) is 11.2 Å². The average molecular weight is 241 g/mol. The molecule has 0 unspecified atom stereocenters. The lowest BCUT2D eigenvalue weighted by Gasteiger charge is -2.03. The third-order valence-corrected chi connectivity index (χ3v) is 3.30. The van der Waals surface area contributed by atoms with E-state index in [4.69, 9.17) is 15.9 Å². The molecular formula is C11H19N3OS. The molecule has 0 saturated heterocycles. The molecule has 0 atom stereocenters. The van der Waals surface area contributed by atoms with Crippen molar-refractivity contribution in [2.45, 2.75) is 32.6 Å². The van der Waals surface area contributed by atoms with E-state index in [1.807, 2.05) is 12.4 Å². The summed E-state index contributed by atoms with van der Waals surface area (Å²) in [5.74, 6) is 0.264.